The molecule has 11 nitrogen and oxygen atoms in total. The number of aliphatic hydroxyl groups is 1. The third kappa shape index (κ3) is 9.76. The Hall–Kier alpha value is -2.00. The quantitative estimate of drug-likeness (QED) is 0.0767. The van der Waals surface area contributed by atoms with Gasteiger partial charge in [0.2, 0.25) is 0 Å². The number of aliphatic hydroxyl groups excluding tert-OH is 1. The van der Waals surface area contributed by atoms with E-state index in [1.54, 1.807) is 60.7 Å². The van der Waals surface area contributed by atoms with Crippen LogP contribution in [0.2, 0.25) is 0 Å². The van der Waals surface area contributed by atoms with Gasteiger partial charge in [-0.1, -0.05) is 81.4 Å². The first kappa shape index (κ1) is 38.0. The number of hydrogen-bond donors (Lipinski definition) is 5. The number of benzene rings is 2. The van der Waals surface area contributed by atoms with Crippen LogP contribution in [-0.2, 0) is 42.3 Å². The molecule has 0 aliphatic heterocycles. The Kier molecular flexibility index (Phi) is 15.2. The summed E-state index contributed by atoms with van der Waals surface area (Å²) in [4.78, 5) is 42.5. The zero-order chi connectivity index (χ0) is 31.0. The molecule has 0 saturated heterocycles. The van der Waals surface area contributed by atoms with Crippen LogP contribution in [0.5, 0.6) is 0 Å². The standard InChI is InChI=1S/C29H41N3O8S.Na.H/c1-18(2)14-22(30)25(33)29(19(3)15-24(32)27(35)41(37,38)39,28(36)40-17-21-12-8-5-9-13-21)26(34)23(31)16-20-10-6-4-7-11-20;;/h4-13,18-19,22-24,27,35H,14-17,30-32H2,1-3H3,(H,37,38,39);;/t19?,22-,23-,24?,27?,29?;;/m1../s1. The zero-order valence-corrected chi connectivity index (χ0v) is 24.4. The van der Waals surface area contributed by atoms with Gasteiger partial charge >= 0.3 is 35.5 Å². The van der Waals surface area contributed by atoms with Crippen molar-refractivity contribution in [3.8, 4) is 0 Å². The molecule has 0 radical (unpaired) electrons. The summed E-state index contributed by atoms with van der Waals surface area (Å²) in [5, 5.41) is 10.1. The van der Waals surface area contributed by atoms with Gasteiger partial charge in [-0.15, -0.1) is 0 Å². The number of ether oxygens (including phenoxy) is 1. The SMILES string of the molecule is CC(C)C[C@@H](N)C(=O)C(C(=O)OCc1ccccc1)(C(=O)[C@H](N)Cc1ccccc1)C(C)CC(N)C(O)S(=O)(=O)O.[NaH]. The van der Waals surface area contributed by atoms with E-state index in [2.05, 4.69) is 0 Å². The van der Waals surface area contributed by atoms with Crippen LogP contribution in [0.4, 0.5) is 0 Å². The Balaban J connectivity index is 0.00000882. The van der Waals surface area contributed by atoms with Crippen molar-refractivity contribution in [1.29, 1.82) is 0 Å². The zero-order valence-electron chi connectivity index (χ0n) is 23.6. The van der Waals surface area contributed by atoms with Gasteiger partial charge in [0.25, 0.3) is 10.1 Å². The van der Waals surface area contributed by atoms with Crippen LogP contribution in [0.3, 0.4) is 0 Å². The molecule has 0 saturated carbocycles. The Morgan fingerprint density at radius 2 is 1.31 bits per heavy atom. The molecule has 228 valence electrons. The Morgan fingerprint density at radius 3 is 1.79 bits per heavy atom. The molecule has 0 aromatic heterocycles. The molecule has 0 spiro atoms. The Labute approximate surface area is 269 Å². The van der Waals surface area contributed by atoms with Gasteiger partial charge in [0.15, 0.2) is 22.4 Å². The van der Waals surface area contributed by atoms with Gasteiger partial charge in [0.05, 0.1) is 12.1 Å². The van der Waals surface area contributed by atoms with Crippen LogP contribution in [0.15, 0.2) is 60.7 Å². The minimum atomic E-state index is -4.99. The molecule has 0 fully saturated rings. The molecule has 6 atom stereocenters. The second-order valence-electron chi connectivity index (χ2n) is 10.8. The number of Topliss-reactive ketones (excluding diaryl/α,β-unsaturated/α-hetero) is 2. The van der Waals surface area contributed by atoms with E-state index in [9.17, 15) is 32.5 Å². The van der Waals surface area contributed by atoms with E-state index in [0.29, 0.717) is 11.1 Å². The predicted octanol–water partition coefficient (Wildman–Crippen LogP) is 0.709. The van der Waals surface area contributed by atoms with E-state index < -0.39 is 69.0 Å². The Morgan fingerprint density at radius 1 is 0.833 bits per heavy atom. The fraction of sp³-hybridized carbons (Fsp3) is 0.483. The van der Waals surface area contributed by atoms with Crippen molar-refractivity contribution in [3.63, 3.8) is 0 Å². The molecule has 2 aromatic rings. The second kappa shape index (κ2) is 16.7. The van der Waals surface area contributed by atoms with E-state index in [1.165, 1.54) is 6.92 Å². The van der Waals surface area contributed by atoms with Gasteiger partial charge < -0.3 is 27.0 Å². The van der Waals surface area contributed by atoms with Crippen molar-refractivity contribution in [2.45, 2.75) is 70.2 Å². The van der Waals surface area contributed by atoms with E-state index in [0.717, 1.165) is 0 Å². The molecule has 4 unspecified atom stereocenters. The number of esters is 1. The monoisotopic (exact) mass is 615 g/mol. The van der Waals surface area contributed by atoms with Crippen LogP contribution in [-0.4, -0.2) is 88.7 Å². The summed E-state index contributed by atoms with van der Waals surface area (Å²) >= 11 is 0. The van der Waals surface area contributed by atoms with E-state index >= 15 is 0 Å². The molecular weight excluding hydrogens is 573 g/mol. The minimum absolute atomic E-state index is 0. The number of rotatable bonds is 16. The topological polar surface area (TPSA) is 213 Å². The molecular formula is C29H42N3NaO8S. The fourth-order valence-corrected chi connectivity index (χ4v) is 5.48. The number of ketones is 2. The number of carbonyl (C=O) groups excluding carboxylic acids is 3. The first-order valence-corrected chi connectivity index (χ1v) is 14.9. The molecule has 8 N–H and O–H groups in total. The predicted molar refractivity (Wildman–Crippen MR) is 161 cm³/mol. The molecule has 0 aliphatic carbocycles. The maximum atomic E-state index is 14.3. The molecule has 0 bridgehead atoms. The summed E-state index contributed by atoms with van der Waals surface area (Å²) in [6.07, 6.45) is -0.446. The second-order valence-corrected chi connectivity index (χ2v) is 12.3. The van der Waals surface area contributed by atoms with Gasteiger partial charge in [-0.25, -0.2) is 0 Å². The van der Waals surface area contributed by atoms with E-state index in [1.807, 2.05) is 13.8 Å². The molecule has 0 aliphatic rings. The first-order chi connectivity index (χ1) is 19.1. The van der Waals surface area contributed by atoms with Crippen LogP contribution in [0, 0.1) is 17.3 Å². The van der Waals surface area contributed by atoms with Crippen molar-refractivity contribution in [1.82, 2.24) is 0 Å². The van der Waals surface area contributed by atoms with Crippen molar-refractivity contribution in [3.05, 3.63) is 71.8 Å². The third-order valence-corrected chi connectivity index (χ3v) is 8.01. The van der Waals surface area contributed by atoms with Crippen molar-refractivity contribution < 1.29 is 37.2 Å². The van der Waals surface area contributed by atoms with Gasteiger partial charge in [-0.05, 0) is 42.2 Å². The van der Waals surface area contributed by atoms with Crippen LogP contribution < -0.4 is 17.2 Å². The van der Waals surface area contributed by atoms with Crippen LogP contribution in [0.1, 0.15) is 44.7 Å². The van der Waals surface area contributed by atoms with E-state index in [-0.39, 0.29) is 54.9 Å². The van der Waals surface area contributed by atoms with Gasteiger partial charge in [-0.3, -0.25) is 18.9 Å². The van der Waals surface area contributed by atoms with Gasteiger partial charge in [0, 0.05) is 6.04 Å². The van der Waals surface area contributed by atoms with Crippen molar-refractivity contribution in [2.24, 2.45) is 34.5 Å². The maximum absolute atomic E-state index is 14.3. The van der Waals surface area contributed by atoms with Crippen LogP contribution in [0.25, 0.3) is 0 Å². The number of hydrogen-bond acceptors (Lipinski definition) is 10. The molecule has 2 rings (SSSR count). The van der Waals surface area contributed by atoms with Gasteiger partial charge in [-0.2, -0.15) is 8.42 Å². The summed E-state index contributed by atoms with van der Waals surface area (Å²) in [6, 6.07) is 13.0. The summed E-state index contributed by atoms with van der Waals surface area (Å²) < 4.78 is 38.0. The third-order valence-electron chi connectivity index (χ3n) is 7.05. The number of carbonyl (C=O) groups is 3. The average molecular weight is 616 g/mol. The molecule has 13 heteroatoms. The molecule has 0 heterocycles. The molecule has 0 amide bonds. The normalized spacial score (nSPS) is 16.7. The Bertz CT molecular complexity index is 1280. The summed E-state index contributed by atoms with van der Waals surface area (Å²) in [7, 11) is -4.99. The summed E-state index contributed by atoms with van der Waals surface area (Å²) in [5.41, 5.74) is 14.7. The first-order valence-electron chi connectivity index (χ1n) is 13.4. The number of nitrogens with two attached hydrogens (primary N) is 3. The van der Waals surface area contributed by atoms with Crippen molar-refractivity contribution in [2.75, 3.05) is 0 Å². The van der Waals surface area contributed by atoms with Crippen molar-refractivity contribution >= 4 is 57.2 Å². The summed E-state index contributed by atoms with van der Waals surface area (Å²) in [6.45, 7) is 4.69. The molecule has 42 heavy (non-hydrogen) atoms. The fourth-order valence-electron chi connectivity index (χ4n) is 4.93. The summed E-state index contributed by atoms with van der Waals surface area (Å²) in [5.74, 6) is -4.54. The molecule has 2 aromatic carbocycles. The van der Waals surface area contributed by atoms with E-state index in [4.69, 9.17) is 21.9 Å². The van der Waals surface area contributed by atoms with Crippen LogP contribution >= 0.6 is 0 Å². The average Bonchev–Trinajstić information content (AvgIpc) is 2.91. The van der Waals surface area contributed by atoms with Gasteiger partial charge in [0.1, 0.15) is 6.61 Å².